The highest BCUT2D eigenvalue weighted by Gasteiger charge is 2.35. The normalized spacial score (nSPS) is 11.4. The summed E-state index contributed by atoms with van der Waals surface area (Å²) in [4.78, 5) is 0. The summed E-state index contributed by atoms with van der Waals surface area (Å²) in [6, 6.07) is 14.2. The first-order valence-electron chi connectivity index (χ1n) is 10.7. The first-order chi connectivity index (χ1) is 15.4. The van der Waals surface area contributed by atoms with E-state index in [-0.39, 0.29) is 11.4 Å². The molecule has 1 aromatic heterocycles. The van der Waals surface area contributed by atoms with Crippen LogP contribution in [0.25, 0.3) is 22.5 Å². The van der Waals surface area contributed by atoms with E-state index >= 15 is 0 Å². The summed E-state index contributed by atoms with van der Waals surface area (Å²) in [5.41, 5.74) is -0.0351. The van der Waals surface area contributed by atoms with Gasteiger partial charge in [-0.3, -0.25) is 0 Å². The molecule has 170 valence electrons. The molecule has 0 bridgehead atoms. The zero-order chi connectivity index (χ0) is 23.0. The molecule has 4 nitrogen and oxygen atoms in total. The van der Waals surface area contributed by atoms with Gasteiger partial charge < -0.3 is 9.47 Å². The molecular weight excluding hydrogens is 417 g/mol. The van der Waals surface area contributed by atoms with Crippen LogP contribution in [0.2, 0.25) is 0 Å². The smallest absolute Gasteiger partial charge is 0.418 e. The van der Waals surface area contributed by atoms with E-state index in [4.69, 9.17) is 9.47 Å². The monoisotopic (exact) mass is 444 g/mol. The summed E-state index contributed by atoms with van der Waals surface area (Å²) < 4.78 is 52.1. The van der Waals surface area contributed by atoms with Crippen molar-refractivity contribution in [3.63, 3.8) is 0 Å². The zero-order valence-electron chi connectivity index (χ0n) is 18.3. The Balaban J connectivity index is 1.76. The van der Waals surface area contributed by atoms with Gasteiger partial charge in [0.05, 0.1) is 25.0 Å². The summed E-state index contributed by atoms with van der Waals surface area (Å²) in [7, 11) is 1.49. The van der Waals surface area contributed by atoms with E-state index < -0.39 is 11.7 Å². The SMILES string of the molecule is CCCCCCCOc1ccc(-c2cc(C(F)(F)F)c(-c3ccc(OC)cc3)nn2)cc1. The fraction of sp³-hybridized carbons (Fsp3) is 0.360. The van der Waals surface area contributed by atoms with E-state index in [1.807, 2.05) is 0 Å². The van der Waals surface area contributed by atoms with Crippen molar-refractivity contribution in [2.24, 2.45) is 0 Å². The average Bonchev–Trinajstić information content (AvgIpc) is 2.81. The number of unbranched alkanes of at least 4 members (excludes halogenated alkanes) is 4. The predicted molar refractivity (Wildman–Crippen MR) is 119 cm³/mol. The first kappa shape index (κ1) is 23.6. The van der Waals surface area contributed by atoms with Crippen LogP contribution in [0.3, 0.4) is 0 Å². The van der Waals surface area contributed by atoms with E-state index in [0.29, 0.717) is 29.2 Å². The number of aromatic nitrogens is 2. The standard InChI is InChI=1S/C25H27F3N2O2/c1-3-4-5-6-7-16-32-21-14-8-18(9-15-21)23-17-22(25(26,27)28)24(30-29-23)19-10-12-20(31-2)13-11-19/h8-15,17H,3-7,16H2,1-2H3. The molecule has 0 aliphatic carbocycles. The summed E-state index contributed by atoms with van der Waals surface area (Å²) in [5.74, 6) is 1.23. The minimum Gasteiger partial charge on any atom is -0.497 e. The molecule has 0 spiro atoms. The van der Waals surface area contributed by atoms with Crippen LogP contribution in [0.15, 0.2) is 54.6 Å². The number of hydrogen-bond donors (Lipinski definition) is 0. The van der Waals surface area contributed by atoms with Crippen LogP contribution < -0.4 is 9.47 Å². The molecule has 7 heteroatoms. The third-order valence-electron chi connectivity index (χ3n) is 5.13. The maximum Gasteiger partial charge on any atom is 0.418 e. The van der Waals surface area contributed by atoms with Crippen LogP contribution in [0.4, 0.5) is 13.2 Å². The van der Waals surface area contributed by atoms with Gasteiger partial charge in [0.15, 0.2) is 0 Å². The van der Waals surface area contributed by atoms with Gasteiger partial charge in [0.25, 0.3) is 0 Å². The Labute approximate surface area is 186 Å². The lowest BCUT2D eigenvalue weighted by atomic mass is 10.0. The number of rotatable bonds is 10. The van der Waals surface area contributed by atoms with Gasteiger partial charge in [0.1, 0.15) is 17.2 Å². The van der Waals surface area contributed by atoms with Gasteiger partial charge in [-0.1, -0.05) is 32.6 Å². The summed E-state index contributed by atoms with van der Waals surface area (Å²) in [6.07, 6.45) is 1.17. The van der Waals surface area contributed by atoms with Gasteiger partial charge in [-0.15, -0.1) is 10.2 Å². The Morgan fingerprint density at radius 3 is 2.03 bits per heavy atom. The van der Waals surface area contributed by atoms with Crippen LogP contribution in [0.1, 0.15) is 44.6 Å². The lowest BCUT2D eigenvalue weighted by Crippen LogP contribution is -2.10. The molecule has 0 aliphatic heterocycles. The van der Waals surface area contributed by atoms with Crippen LogP contribution in [-0.2, 0) is 6.18 Å². The maximum atomic E-state index is 13.8. The van der Waals surface area contributed by atoms with Gasteiger partial charge >= 0.3 is 6.18 Å². The number of hydrogen-bond acceptors (Lipinski definition) is 4. The highest BCUT2D eigenvalue weighted by atomic mass is 19.4. The van der Waals surface area contributed by atoms with Crippen molar-refractivity contribution >= 4 is 0 Å². The molecule has 0 saturated carbocycles. The number of nitrogens with zero attached hydrogens (tertiary/aromatic N) is 2. The molecule has 0 aliphatic rings. The van der Waals surface area contributed by atoms with Gasteiger partial charge in [0, 0.05) is 11.1 Å². The van der Waals surface area contributed by atoms with Gasteiger partial charge in [-0.2, -0.15) is 13.2 Å². The molecule has 2 aromatic carbocycles. The number of halogens is 3. The summed E-state index contributed by atoms with van der Waals surface area (Å²) in [6.45, 7) is 2.80. The van der Waals surface area contributed by atoms with Crippen LogP contribution in [0.5, 0.6) is 11.5 Å². The Morgan fingerprint density at radius 2 is 1.41 bits per heavy atom. The highest BCUT2D eigenvalue weighted by Crippen LogP contribution is 2.37. The van der Waals surface area contributed by atoms with Gasteiger partial charge in [-0.05, 0) is 61.0 Å². The van der Waals surface area contributed by atoms with Crippen molar-refractivity contribution in [2.45, 2.75) is 45.2 Å². The molecule has 3 rings (SSSR count). The highest BCUT2D eigenvalue weighted by molar-refractivity contribution is 5.68. The predicted octanol–water partition coefficient (Wildman–Crippen LogP) is 7.19. The van der Waals surface area contributed by atoms with E-state index in [9.17, 15) is 13.2 Å². The molecule has 32 heavy (non-hydrogen) atoms. The van der Waals surface area contributed by atoms with E-state index in [1.54, 1.807) is 36.4 Å². The molecule has 0 saturated heterocycles. The van der Waals surface area contributed by atoms with Crippen molar-refractivity contribution < 1.29 is 22.6 Å². The Kier molecular flexibility index (Phi) is 8.09. The van der Waals surface area contributed by atoms with Crippen molar-refractivity contribution in [1.82, 2.24) is 10.2 Å². The van der Waals surface area contributed by atoms with Crippen molar-refractivity contribution in [1.29, 1.82) is 0 Å². The fourth-order valence-electron chi connectivity index (χ4n) is 3.33. The Bertz CT molecular complexity index is 988. The summed E-state index contributed by atoms with van der Waals surface area (Å²) >= 11 is 0. The van der Waals surface area contributed by atoms with Crippen molar-refractivity contribution in [2.75, 3.05) is 13.7 Å². The third-order valence-corrected chi connectivity index (χ3v) is 5.13. The Hall–Kier alpha value is -3.09. The third kappa shape index (κ3) is 6.22. The molecule has 0 unspecified atom stereocenters. The van der Waals surface area contributed by atoms with E-state index in [2.05, 4.69) is 17.1 Å². The zero-order valence-corrected chi connectivity index (χ0v) is 18.3. The lowest BCUT2D eigenvalue weighted by molar-refractivity contribution is -0.137. The second kappa shape index (κ2) is 11.0. The van der Waals surface area contributed by atoms with Crippen molar-refractivity contribution in [3.05, 3.63) is 60.2 Å². The van der Waals surface area contributed by atoms with E-state index in [1.165, 1.54) is 38.5 Å². The molecule has 0 N–H and O–H groups in total. The molecule has 0 atom stereocenters. The van der Waals surface area contributed by atoms with Crippen LogP contribution >= 0.6 is 0 Å². The molecule has 1 heterocycles. The fourth-order valence-corrected chi connectivity index (χ4v) is 3.33. The van der Waals surface area contributed by atoms with Crippen molar-refractivity contribution in [3.8, 4) is 34.0 Å². The minimum atomic E-state index is -4.57. The molecule has 3 aromatic rings. The van der Waals surface area contributed by atoms with Gasteiger partial charge in [0.2, 0.25) is 0 Å². The van der Waals surface area contributed by atoms with Crippen LogP contribution in [0, 0.1) is 0 Å². The summed E-state index contributed by atoms with van der Waals surface area (Å²) in [5, 5.41) is 7.97. The maximum absolute atomic E-state index is 13.8. The van der Waals surface area contributed by atoms with E-state index in [0.717, 1.165) is 18.9 Å². The molecule has 0 fully saturated rings. The van der Waals surface area contributed by atoms with Gasteiger partial charge in [-0.25, -0.2) is 0 Å². The first-order valence-corrected chi connectivity index (χ1v) is 10.7. The molecule has 0 radical (unpaired) electrons. The number of methoxy groups -OCH3 is 1. The number of ether oxygens (including phenoxy) is 2. The Morgan fingerprint density at radius 1 is 0.781 bits per heavy atom. The second-order valence-electron chi connectivity index (χ2n) is 7.51. The molecule has 0 amide bonds. The quantitative estimate of drug-likeness (QED) is 0.311. The molecular formula is C25H27F3N2O2. The average molecular weight is 444 g/mol. The minimum absolute atomic E-state index is 0.153. The number of alkyl halides is 3. The number of benzene rings is 2. The second-order valence-corrected chi connectivity index (χ2v) is 7.51. The lowest BCUT2D eigenvalue weighted by Gasteiger charge is -2.13. The largest absolute Gasteiger partial charge is 0.497 e. The van der Waals surface area contributed by atoms with Crippen LogP contribution in [-0.4, -0.2) is 23.9 Å². The topological polar surface area (TPSA) is 44.2 Å².